The first-order valence-electron chi connectivity index (χ1n) is 13.0. The van der Waals surface area contributed by atoms with E-state index >= 15 is 13.2 Å². The van der Waals surface area contributed by atoms with Gasteiger partial charge in [-0.1, -0.05) is 43.0 Å². The summed E-state index contributed by atoms with van der Waals surface area (Å²) >= 11 is 0. The molecule has 0 spiro atoms. The highest BCUT2D eigenvalue weighted by Gasteiger charge is 2.47. The molecule has 12 nitrogen and oxygen atoms in total. The Hall–Kier alpha value is -4.47. The van der Waals surface area contributed by atoms with E-state index in [9.17, 15) is 22.8 Å². The van der Waals surface area contributed by atoms with Crippen LogP contribution in [0.1, 0.15) is 37.5 Å². The van der Waals surface area contributed by atoms with Gasteiger partial charge in [0.1, 0.15) is 36.8 Å². The van der Waals surface area contributed by atoms with Crippen LogP contribution in [0.2, 0.25) is 0 Å². The smallest absolute Gasteiger partial charge is 0.422 e. The number of halogens is 3. The van der Waals surface area contributed by atoms with Crippen molar-refractivity contribution in [3.63, 3.8) is 0 Å². The predicted molar refractivity (Wildman–Crippen MR) is 151 cm³/mol. The fraction of sp³-hybridized carbons (Fsp3) is 0.393. The van der Waals surface area contributed by atoms with Crippen LogP contribution in [0.5, 0.6) is 5.75 Å². The molecular weight excluding hydrogens is 611 g/mol. The first kappa shape index (κ1) is 34.0. The topological polar surface area (TPSA) is 141 Å². The van der Waals surface area contributed by atoms with Crippen molar-refractivity contribution < 1.29 is 54.9 Å². The summed E-state index contributed by atoms with van der Waals surface area (Å²) in [6.07, 6.45) is -1.53. The van der Waals surface area contributed by atoms with E-state index in [-0.39, 0.29) is 10.9 Å². The molecule has 1 aliphatic rings. The second-order valence-corrected chi connectivity index (χ2v) is 12.1. The van der Waals surface area contributed by atoms with Crippen molar-refractivity contribution >= 4 is 34.1 Å². The standard InChI is InChI=1S/C28H32F3N3O9S/c1-6-12-41-25(36)32-44(38,39)34(15-22(35)40-5)24-21(42-16-18-10-8-7-9-11-18)13-20-19(23(24)29)14-33(17-28(20,30)31)26(37)43-27(2,3)4/h6-11,13H,1,12,14-17H2,2-5H3,(H,32,36). The van der Waals surface area contributed by atoms with Crippen LogP contribution in [0, 0.1) is 5.82 Å². The number of carbonyl (C=O) groups excluding carboxylic acids is 3. The number of ether oxygens (including phenoxy) is 4. The molecular formula is C28H32F3N3O9S. The molecule has 1 aliphatic heterocycles. The van der Waals surface area contributed by atoms with Crippen molar-refractivity contribution in [2.75, 3.05) is 31.1 Å². The zero-order valence-electron chi connectivity index (χ0n) is 24.4. The number of hydrogen-bond donors (Lipinski definition) is 1. The van der Waals surface area contributed by atoms with Gasteiger partial charge in [0.05, 0.1) is 20.2 Å². The second kappa shape index (κ2) is 13.4. The highest BCUT2D eigenvalue weighted by molar-refractivity contribution is 7.91. The Labute approximate surface area is 252 Å². The van der Waals surface area contributed by atoms with Gasteiger partial charge in [-0.25, -0.2) is 23.0 Å². The molecule has 240 valence electrons. The van der Waals surface area contributed by atoms with Crippen molar-refractivity contribution in [1.29, 1.82) is 0 Å². The van der Waals surface area contributed by atoms with Crippen LogP contribution >= 0.6 is 0 Å². The highest BCUT2D eigenvalue weighted by atomic mass is 32.2. The summed E-state index contributed by atoms with van der Waals surface area (Å²) in [5.41, 5.74) is -3.21. The number of methoxy groups -OCH3 is 1. The first-order chi connectivity index (χ1) is 20.5. The van der Waals surface area contributed by atoms with Gasteiger partial charge in [-0.05, 0) is 32.4 Å². The lowest BCUT2D eigenvalue weighted by atomic mass is 9.94. The lowest BCUT2D eigenvalue weighted by molar-refractivity contribution is -0.138. The van der Waals surface area contributed by atoms with Crippen molar-refractivity contribution in [3.05, 3.63) is 71.6 Å². The number of hydrogen-bond acceptors (Lipinski definition) is 9. The molecule has 3 rings (SSSR count). The monoisotopic (exact) mass is 643 g/mol. The minimum atomic E-state index is -5.19. The normalized spacial score (nSPS) is 14.1. The summed E-state index contributed by atoms with van der Waals surface area (Å²) in [5.74, 6) is -7.31. The largest absolute Gasteiger partial charge is 0.487 e. The van der Waals surface area contributed by atoms with Crippen LogP contribution in [-0.4, -0.2) is 63.9 Å². The van der Waals surface area contributed by atoms with E-state index in [1.165, 1.54) is 25.5 Å². The van der Waals surface area contributed by atoms with E-state index in [4.69, 9.17) is 9.47 Å². The quantitative estimate of drug-likeness (QED) is 0.227. The Bertz CT molecular complexity index is 1510. The summed E-state index contributed by atoms with van der Waals surface area (Å²) < 4.78 is 96.0. The number of benzene rings is 2. The Morgan fingerprint density at radius 2 is 1.84 bits per heavy atom. The minimum absolute atomic E-state index is 0.0918. The fourth-order valence-corrected chi connectivity index (χ4v) is 5.10. The van der Waals surface area contributed by atoms with Gasteiger partial charge in [-0.15, -0.1) is 0 Å². The van der Waals surface area contributed by atoms with Crippen molar-refractivity contribution in [1.82, 2.24) is 9.62 Å². The molecule has 0 aromatic heterocycles. The van der Waals surface area contributed by atoms with E-state index in [0.29, 0.717) is 10.5 Å². The van der Waals surface area contributed by atoms with Crippen LogP contribution in [-0.2, 0) is 48.3 Å². The summed E-state index contributed by atoms with van der Waals surface area (Å²) in [6.45, 7) is 4.00. The molecule has 0 radical (unpaired) electrons. The van der Waals surface area contributed by atoms with E-state index in [1.807, 2.05) is 0 Å². The maximum absolute atomic E-state index is 16.5. The molecule has 1 N–H and O–H groups in total. The van der Waals surface area contributed by atoms with Crippen molar-refractivity contribution in [3.8, 4) is 5.75 Å². The summed E-state index contributed by atoms with van der Waals surface area (Å²) in [7, 11) is -4.26. The van der Waals surface area contributed by atoms with Crippen LogP contribution in [0.3, 0.4) is 0 Å². The first-order valence-corrected chi connectivity index (χ1v) is 14.5. The maximum Gasteiger partial charge on any atom is 0.422 e. The van der Waals surface area contributed by atoms with Gasteiger partial charge in [-0.3, -0.25) is 9.69 Å². The molecule has 0 bridgehead atoms. The average molecular weight is 644 g/mol. The van der Waals surface area contributed by atoms with E-state index in [1.54, 1.807) is 30.3 Å². The van der Waals surface area contributed by atoms with Gasteiger partial charge < -0.3 is 18.9 Å². The molecule has 2 aromatic carbocycles. The van der Waals surface area contributed by atoms with Gasteiger partial charge in [-0.2, -0.15) is 17.2 Å². The Balaban J connectivity index is 2.23. The number of amides is 2. The third-order valence-corrected chi connectivity index (χ3v) is 7.23. The van der Waals surface area contributed by atoms with Crippen LogP contribution < -0.4 is 13.8 Å². The number of nitrogens with zero attached hydrogens (tertiary/aromatic N) is 2. The third kappa shape index (κ3) is 8.33. The number of carbonyl (C=O) groups is 3. The molecule has 0 unspecified atom stereocenters. The number of nitrogens with one attached hydrogen (secondary N) is 1. The van der Waals surface area contributed by atoms with Gasteiger partial charge in [0.2, 0.25) is 0 Å². The highest BCUT2D eigenvalue weighted by Crippen LogP contribution is 2.45. The van der Waals surface area contributed by atoms with Gasteiger partial charge in [0.25, 0.3) is 5.92 Å². The zero-order valence-corrected chi connectivity index (χ0v) is 25.2. The summed E-state index contributed by atoms with van der Waals surface area (Å²) in [6, 6.07) is 8.97. The summed E-state index contributed by atoms with van der Waals surface area (Å²) in [4.78, 5) is 37.8. The number of fused-ring (bicyclic) bond motifs is 1. The molecule has 0 aliphatic carbocycles. The van der Waals surface area contributed by atoms with Crippen molar-refractivity contribution in [2.45, 2.75) is 45.4 Å². The molecule has 2 aromatic rings. The lowest BCUT2D eigenvalue weighted by Gasteiger charge is -2.37. The minimum Gasteiger partial charge on any atom is -0.487 e. The molecule has 0 fully saturated rings. The summed E-state index contributed by atoms with van der Waals surface area (Å²) in [5, 5.41) is 0. The van der Waals surface area contributed by atoms with Crippen LogP contribution in [0.15, 0.2) is 49.1 Å². The molecule has 44 heavy (non-hydrogen) atoms. The van der Waals surface area contributed by atoms with Gasteiger partial charge in [0, 0.05) is 11.1 Å². The number of alkyl halides is 2. The Morgan fingerprint density at radius 3 is 2.43 bits per heavy atom. The number of esters is 1. The zero-order chi connectivity index (χ0) is 32.9. The van der Waals surface area contributed by atoms with Crippen LogP contribution in [0.25, 0.3) is 0 Å². The second-order valence-electron chi connectivity index (χ2n) is 10.5. The molecule has 16 heteroatoms. The maximum atomic E-state index is 16.5. The Kier molecular flexibility index (Phi) is 10.4. The predicted octanol–water partition coefficient (Wildman–Crippen LogP) is 4.38. The van der Waals surface area contributed by atoms with Gasteiger partial charge in [0.15, 0.2) is 5.82 Å². The van der Waals surface area contributed by atoms with E-state index in [2.05, 4.69) is 16.1 Å². The van der Waals surface area contributed by atoms with Gasteiger partial charge >= 0.3 is 28.4 Å². The van der Waals surface area contributed by atoms with E-state index in [0.717, 1.165) is 19.3 Å². The van der Waals surface area contributed by atoms with E-state index < -0.39 is 94.5 Å². The number of rotatable bonds is 10. The lowest BCUT2D eigenvalue weighted by Crippen LogP contribution is -2.48. The van der Waals surface area contributed by atoms with Crippen molar-refractivity contribution in [2.24, 2.45) is 0 Å². The SMILES string of the molecule is C=CCOC(=O)NS(=O)(=O)N(CC(=O)OC)c1c(OCc2ccccc2)cc2c(c1F)CN(C(=O)OC(C)(C)C)CC2(F)F. The number of anilines is 1. The fourth-order valence-electron chi connectivity index (χ4n) is 4.03. The Morgan fingerprint density at radius 1 is 1.18 bits per heavy atom. The third-order valence-electron chi connectivity index (χ3n) is 5.91. The molecule has 0 saturated carbocycles. The average Bonchev–Trinajstić information content (AvgIpc) is 2.93. The molecule has 0 saturated heterocycles. The molecule has 0 atom stereocenters. The van der Waals surface area contributed by atoms with Crippen LogP contribution in [0.4, 0.5) is 28.4 Å². The molecule has 2 amide bonds. The molecule has 1 heterocycles.